The molecular formula is C20H30ClN3O2. The van der Waals surface area contributed by atoms with E-state index in [0.29, 0.717) is 18.7 Å². The van der Waals surface area contributed by atoms with E-state index in [4.69, 9.17) is 5.73 Å². The molecule has 0 bridgehead atoms. The second-order valence-electron chi connectivity index (χ2n) is 7.37. The summed E-state index contributed by atoms with van der Waals surface area (Å²) in [7, 11) is 0. The van der Waals surface area contributed by atoms with Gasteiger partial charge in [0, 0.05) is 37.8 Å². The SMILES string of the molecule is Cc1ccc(C(=O)N2CCCC(C(=O)N3CCCCC3CN)C2)cc1.Cl. The minimum Gasteiger partial charge on any atom is -0.338 e. The molecule has 0 spiro atoms. The first-order valence-corrected chi connectivity index (χ1v) is 9.46. The predicted molar refractivity (Wildman–Crippen MR) is 105 cm³/mol. The number of nitrogens with two attached hydrogens (primary N) is 1. The lowest BCUT2D eigenvalue weighted by atomic mass is 9.93. The number of likely N-dealkylation sites (tertiary alicyclic amines) is 2. The fourth-order valence-corrected chi connectivity index (χ4v) is 4.01. The summed E-state index contributed by atoms with van der Waals surface area (Å²) in [6.07, 6.45) is 4.95. The van der Waals surface area contributed by atoms with Crippen molar-refractivity contribution >= 4 is 24.2 Å². The predicted octanol–water partition coefficient (Wildman–Crippen LogP) is 2.61. The number of hydrogen-bond donors (Lipinski definition) is 1. The molecule has 26 heavy (non-hydrogen) atoms. The summed E-state index contributed by atoms with van der Waals surface area (Å²) in [4.78, 5) is 29.6. The van der Waals surface area contributed by atoms with E-state index in [1.54, 1.807) is 0 Å². The molecular weight excluding hydrogens is 350 g/mol. The third-order valence-corrected chi connectivity index (χ3v) is 5.54. The van der Waals surface area contributed by atoms with Crippen molar-refractivity contribution in [3.05, 3.63) is 35.4 Å². The van der Waals surface area contributed by atoms with Crippen molar-refractivity contribution in [3.8, 4) is 0 Å². The number of benzene rings is 1. The van der Waals surface area contributed by atoms with E-state index < -0.39 is 0 Å². The number of aryl methyl sites for hydroxylation is 1. The fraction of sp³-hybridized carbons (Fsp3) is 0.600. The van der Waals surface area contributed by atoms with E-state index in [0.717, 1.165) is 50.8 Å². The molecule has 144 valence electrons. The first kappa shape index (κ1) is 20.7. The van der Waals surface area contributed by atoms with Crippen LogP contribution in [0.3, 0.4) is 0 Å². The summed E-state index contributed by atoms with van der Waals surface area (Å²) in [5.41, 5.74) is 7.71. The highest BCUT2D eigenvalue weighted by atomic mass is 35.5. The first-order chi connectivity index (χ1) is 12.1. The van der Waals surface area contributed by atoms with E-state index in [1.807, 2.05) is 41.0 Å². The maximum absolute atomic E-state index is 13.0. The monoisotopic (exact) mass is 379 g/mol. The third kappa shape index (κ3) is 4.57. The minimum atomic E-state index is -0.0877. The number of rotatable bonds is 3. The van der Waals surface area contributed by atoms with Crippen LogP contribution >= 0.6 is 12.4 Å². The lowest BCUT2D eigenvalue weighted by Gasteiger charge is -2.40. The van der Waals surface area contributed by atoms with Gasteiger partial charge in [-0.2, -0.15) is 0 Å². The summed E-state index contributed by atoms with van der Waals surface area (Å²) in [6.45, 7) is 4.61. The Balaban J connectivity index is 0.00000243. The molecule has 1 aromatic carbocycles. The largest absolute Gasteiger partial charge is 0.338 e. The van der Waals surface area contributed by atoms with Gasteiger partial charge in [-0.3, -0.25) is 9.59 Å². The smallest absolute Gasteiger partial charge is 0.253 e. The topological polar surface area (TPSA) is 66.6 Å². The molecule has 2 aliphatic rings. The van der Waals surface area contributed by atoms with Gasteiger partial charge in [-0.1, -0.05) is 17.7 Å². The molecule has 0 radical (unpaired) electrons. The Morgan fingerprint density at radius 2 is 1.81 bits per heavy atom. The molecule has 2 amide bonds. The zero-order valence-electron chi connectivity index (χ0n) is 15.5. The van der Waals surface area contributed by atoms with Crippen LogP contribution in [-0.2, 0) is 4.79 Å². The van der Waals surface area contributed by atoms with E-state index in [1.165, 1.54) is 0 Å². The lowest BCUT2D eigenvalue weighted by Crippen LogP contribution is -2.53. The molecule has 2 aliphatic heterocycles. The van der Waals surface area contributed by atoms with Gasteiger partial charge in [0.25, 0.3) is 5.91 Å². The average Bonchev–Trinajstić information content (AvgIpc) is 2.67. The van der Waals surface area contributed by atoms with Gasteiger partial charge in [0.2, 0.25) is 5.91 Å². The maximum atomic E-state index is 13.0. The molecule has 2 N–H and O–H groups in total. The Morgan fingerprint density at radius 3 is 2.50 bits per heavy atom. The van der Waals surface area contributed by atoms with Crippen LogP contribution < -0.4 is 5.73 Å². The van der Waals surface area contributed by atoms with Crippen LogP contribution in [0.15, 0.2) is 24.3 Å². The molecule has 2 heterocycles. The molecule has 0 aromatic heterocycles. The summed E-state index contributed by atoms with van der Waals surface area (Å²) in [6, 6.07) is 7.83. The molecule has 1 aromatic rings. The van der Waals surface area contributed by atoms with E-state index >= 15 is 0 Å². The highest BCUT2D eigenvalue weighted by Gasteiger charge is 2.34. The fourth-order valence-electron chi connectivity index (χ4n) is 4.01. The maximum Gasteiger partial charge on any atom is 0.253 e. The number of amides is 2. The summed E-state index contributed by atoms with van der Waals surface area (Å²) in [5, 5.41) is 0. The zero-order chi connectivity index (χ0) is 17.8. The Morgan fingerprint density at radius 1 is 1.08 bits per heavy atom. The first-order valence-electron chi connectivity index (χ1n) is 9.46. The highest BCUT2D eigenvalue weighted by Crippen LogP contribution is 2.25. The van der Waals surface area contributed by atoms with Gasteiger partial charge in [-0.05, 0) is 51.2 Å². The van der Waals surface area contributed by atoms with Crippen LogP contribution in [0.1, 0.15) is 48.0 Å². The van der Waals surface area contributed by atoms with E-state index in [-0.39, 0.29) is 36.2 Å². The van der Waals surface area contributed by atoms with Gasteiger partial charge in [0.15, 0.2) is 0 Å². The van der Waals surface area contributed by atoms with Crippen molar-refractivity contribution in [3.63, 3.8) is 0 Å². The van der Waals surface area contributed by atoms with E-state index in [9.17, 15) is 9.59 Å². The van der Waals surface area contributed by atoms with Gasteiger partial charge in [0.05, 0.1) is 5.92 Å². The van der Waals surface area contributed by atoms with Crippen LogP contribution in [0.25, 0.3) is 0 Å². The van der Waals surface area contributed by atoms with Crippen molar-refractivity contribution in [1.29, 1.82) is 0 Å². The summed E-state index contributed by atoms with van der Waals surface area (Å²) < 4.78 is 0. The Kier molecular flexibility index (Phi) is 7.47. The Bertz CT molecular complexity index is 620. The summed E-state index contributed by atoms with van der Waals surface area (Å²) in [5.74, 6) is 0.137. The molecule has 0 aliphatic carbocycles. The molecule has 2 unspecified atom stereocenters. The molecule has 2 saturated heterocycles. The molecule has 2 atom stereocenters. The van der Waals surface area contributed by atoms with Gasteiger partial charge in [-0.15, -0.1) is 12.4 Å². The van der Waals surface area contributed by atoms with Gasteiger partial charge in [-0.25, -0.2) is 0 Å². The second-order valence-corrected chi connectivity index (χ2v) is 7.37. The zero-order valence-corrected chi connectivity index (χ0v) is 16.3. The number of carbonyl (C=O) groups excluding carboxylic acids is 2. The third-order valence-electron chi connectivity index (χ3n) is 5.54. The standard InChI is InChI=1S/C20H29N3O2.ClH/c1-15-7-9-16(10-8-15)19(24)22-11-4-5-17(14-22)20(25)23-12-3-2-6-18(23)13-21;/h7-10,17-18H,2-6,11-14,21H2,1H3;1H. The number of nitrogens with zero attached hydrogens (tertiary/aromatic N) is 2. The van der Waals surface area contributed by atoms with Crippen LogP contribution in [0, 0.1) is 12.8 Å². The van der Waals surface area contributed by atoms with Crippen molar-refractivity contribution in [2.75, 3.05) is 26.2 Å². The normalized spacial score (nSPS) is 23.3. The van der Waals surface area contributed by atoms with Gasteiger partial charge < -0.3 is 15.5 Å². The lowest BCUT2D eigenvalue weighted by molar-refractivity contribution is -0.140. The molecule has 5 nitrogen and oxygen atoms in total. The van der Waals surface area contributed by atoms with Crippen LogP contribution in [0.4, 0.5) is 0 Å². The van der Waals surface area contributed by atoms with Gasteiger partial charge in [0.1, 0.15) is 0 Å². The average molecular weight is 380 g/mol. The molecule has 3 rings (SSSR count). The van der Waals surface area contributed by atoms with Crippen LogP contribution in [-0.4, -0.2) is 53.8 Å². The Labute approximate surface area is 162 Å². The van der Waals surface area contributed by atoms with Crippen molar-refractivity contribution in [2.45, 2.75) is 45.1 Å². The summed E-state index contributed by atoms with van der Waals surface area (Å²) >= 11 is 0. The highest BCUT2D eigenvalue weighted by molar-refractivity contribution is 5.94. The molecule has 2 fully saturated rings. The quantitative estimate of drug-likeness (QED) is 0.877. The Hall–Kier alpha value is -1.59. The van der Waals surface area contributed by atoms with Crippen LogP contribution in [0.5, 0.6) is 0 Å². The van der Waals surface area contributed by atoms with Crippen molar-refractivity contribution in [2.24, 2.45) is 11.7 Å². The number of hydrogen-bond acceptors (Lipinski definition) is 3. The number of piperidine rings is 2. The number of carbonyl (C=O) groups is 2. The van der Waals surface area contributed by atoms with Crippen LogP contribution in [0.2, 0.25) is 0 Å². The second kappa shape index (κ2) is 9.38. The minimum absolute atomic E-state index is 0. The number of halogens is 1. The molecule has 6 heteroatoms. The van der Waals surface area contributed by atoms with Crippen molar-refractivity contribution in [1.82, 2.24) is 9.80 Å². The van der Waals surface area contributed by atoms with Crippen molar-refractivity contribution < 1.29 is 9.59 Å². The van der Waals surface area contributed by atoms with E-state index in [2.05, 4.69) is 0 Å². The van der Waals surface area contributed by atoms with Gasteiger partial charge >= 0.3 is 0 Å². The molecule has 0 saturated carbocycles.